The molecule has 0 aliphatic rings. The molecule has 2 aromatic rings. The predicted molar refractivity (Wildman–Crippen MR) is 64.8 cm³/mol. The molecular formula is C12H16N4. The van der Waals surface area contributed by atoms with Gasteiger partial charge < -0.3 is 15.6 Å². The summed E-state index contributed by atoms with van der Waals surface area (Å²) in [5, 5.41) is 3.37. The van der Waals surface area contributed by atoms with Crippen molar-refractivity contribution in [1.29, 1.82) is 0 Å². The summed E-state index contributed by atoms with van der Waals surface area (Å²) in [4.78, 5) is 3.97. The van der Waals surface area contributed by atoms with E-state index in [9.17, 15) is 0 Å². The molecule has 0 aliphatic carbocycles. The van der Waals surface area contributed by atoms with Crippen LogP contribution in [0, 0.1) is 0 Å². The minimum atomic E-state index is 0.572. The zero-order valence-electron chi connectivity index (χ0n) is 9.13. The van der Waals surface area contributed by atoms with Gasteiger partial charge >= 0.3 is 0 Å². The molecular weight excluding hydrogens is 200 g/mol. The largest absolute Gasteiger partial charge is 0.382 e. The van der Waals surface area contributed by atoms with Crippen LogP contribution in [0.2, 0.25) is 0 Å². The molecule has 0 spiro atoms. The molecule has 16 heavy (non-hydrogen) atoms. The Morgan fingerprint density at radius 3 is 2.75 bits per heavy atom. The number of benzene rings is 1. The summed E-state index contributed by atoms with van der Waals surface area (Å²) in [6, 6.07) is 10.4. The molecule has 4 heteroatoms. The number of aromatic nitrogens is 2. The molecule has 1 heterocycles. The average Bonchev–Trinajstić information content (AvgIpc) is 2.72. The Kier molecular flexibility index (Phi) is 3.56. The maximum absolute atomic E-state index is 5.52. The molecule has 0 amide bonds. The lowest BCUT2D eigenvalue weighted by Crippen LogP contribution is -2.18. The summed E-state index contributed by atoms with van der Waals surface area (Å²) < 4.78 is 1.98. The van der Waals surface area contributed by atoms with Crippen LogP contribution in [0.25, 0.3) is 0 Å². The highest BCUT2D eigenvalue weighted by atomic mass is 15.1. The molecule has 2 rings (SSSR count). The lowest BCUT2D eigenvalue weighted by Gasteiger charge is -2.05. The molecule has 0 fully saturated rings. The average molecular weight is 216 g/mol. The molecule has 0 aliphatic heterocycles. The highest BCUT2D eigenvalue weighted by Crippen LogP contribution is 1.98. The molecule has 1 aromatic heterocycles. The fourth-order valence-corrected chi connectivity index (χ4v) is 1.54. The number of imidazole rings is 1. The molecule has 0 bridgehead atoms. The van der Waals surface area contributed by atoms with E-state index in [0.717, 1.165) is 19.6 Å². The van der Waals surface area contributed by atoms with Crippen molar-refractivity contribution in [2.45, 2.75) is 13.1 Å². The fourth-order valence-electron chi connectivity index (χ4n) is 1.54. The van der Waals surface area contributed by atoms with Crippen LogP contribution in [0.3, 0.4) is 0 Å². The van der Waals surface area contributed by atoms with E-state index in [4.69, 9.17) is 5.73 Å². The molecule has 4 nitrogen and oxygen atoms in total. The lowest BCUT2D eigenvalue weighted by molar-refractivity contribution is 0.597. The van der Waals surface area contributed by atoms with Crippen LogP contribution >= 0.6 is 0 Å². The smallest absolute Gasteiger partial charge is 0.141 e. The van der Waals surface area contributed by atoms with E-state index in [1.165, 1.54) is 5.56 Å². The van der Waals surface area contributed by atoms with Crippen molar-refractivity contribution in [2.24, 2.45) is 0 Å². The van der Waals surface area contributed by atoms with Crippen LogP contribution in [0.15, 0.2) is 42.9 Å². The van der Waals surface area contributed by atoms with Gasteiger partial charge in [0.05, 0.1) is 6.33 Å². The van der Waals surface area contributed by atoms with E-state index in [-0.39, 0.29) is 0 Å². The van der Waals surface area contributed by atoms with Gasteiger partial charge in [0.15, 0.2) is 0 Å². The zero-order valence-corrected chi connectivity index (χ0v) is 9.13. The normalized spacial score (nSPS) is 10.5. The third-order valence-corrected chi connectivity index (χ3v) is 2.37. The van der Waals surface area contributed by atoms with E-state index in [0.29, 0.717) is 5.82 Å². The molecule has 0 saturated carbocycles. The van der Waals surface area contributed by atoms with Gasteiger partial charge in [-0.1, -0.05) is 30.3 Å². The van der Waals surface area contributed by atoms with E-state index in [2.05, 4.69) is 22.4 Å². The van der Waals surface area contributed by atoms with Crippen molar-refractivity contribution in [3.8, 4) is 0 Å². The summed E-state index contributed by atoms with van der Waals surface area (Å²) in [6.07, 6.45) is 3.59. The van der Waals surface area contributed by atoms with Crippen molar-refractivity contribution in [3.63, 3.8) is 0 Å². The molecule has 0 radical (unpaired) electrons. The highest BCUT2D eigenvalue weighted by Gasteiger charge is 1.94. The van der Waals surface area contributed by atoms with Crippen LogP contribution in [0.1, 0.15) is 5.56 Å². The summed E-state index contributed by atoms with van der Waals surface area (Å²) in [5.74, 6) is 0.572. The van der Waals surface area contributed by atoms with Crippen LogP contribution in [0.4, 0.5) is 5.82 Å². The van der Waals surface area contributed by atoms with Gasteiger partial charge in [0.1, 0.15) is 5.82 Å². The lowest BCUT2D eigenvalue weighted by atomic mass is 10.2. The maximum Gasteiger partial charge on any atom is 0.141 e. The molecule has 1 aromatic carbocycles. The Hall–Kier alpha value is -1.81. The predicted octanol–water partition coefficient (Wildman–Crippen LogP) is 1.26. The Labute approximate surface area is 95.1 Å². The second-order valence-electron chi connectivity index (χ2n) is 3.70. The summed E-state index contributed by atoms with van der Waals surface area (Å²) in [6.45, 7) is 2.69. The second kappa shape index (κ2) is 5.32. The number of nitrogens with zero attached hydrogens (tertiary/aromatic N) is 2. The fraction of sp³-hybridized carbons (Fsp3) is 0.250. The molecule has 0 unspecified atom stereocenters. The zero-order chi connectivity index (χ0) is 11.2. The summed E-state index contributed by atoms with van der Waals surface area (Å²) in [7, 11) is 0. The maximum atomic E-state index is 5.52. The number of hydrogen-bond donors (Lipinski definition) is 2. The minimum absolute atomic E-state index is 0.572. The number of nitrogen functional groups attached to an aromatic ring is 1. The first-order chi connectivity index (χ1) is 7.84. The SMILES string of the molecule is Nc1cn(CCNCc2ccccc2)cn1. The Balaban J connectivity index is 1.69. The number of hydrogen-bond acceptors (Lipinski definition) is 3. The van der Waals surface area contributed by atoms with Crippen LogP contribution in [0.5, 0.6) is 0 Å². The molecule has 84 valence electrons. The number of rotatable bonds is 5. The standard InChI is InChI=1S/C12H16N4/c13-12-9-16(10-15-12)7-6-14-8-11-4-2-1-3-5-11/h1-5,9-10,14H,6-8,13H2. The third-order valence-electron chi connectivity index (χ3n) is 2.37. The van der Waals surface area contributed by atoms with Gasteiger partial charge in [-0.3, -0.25) is 0 Å². The first-order valence-corrected chi connectivity index (χ1v) is 5.36. The van der Waals surface area contributed by atoms with E-state index >= 15 is 0 Å². The van der Waals surface area contributed by atoms with E-state index < -0.39 is 0 Å². The monoisotopic (exact) mass is 216 g/mol. The van der Waals surface area contributed by atoms with Crippen molar-refractivity contribution in [2.75, 3.05) is 12.3 Å². The van der Waals surface area contributed by atoms with Gasteiger partial charge in [0.25, 0.3) is 0 Å². The van der Waals surface area contributed by atoms with Crippen molar-refractivity contribution < 1.29 is 0 Å². The second-order valence-corrected chi connectivity index (χ2v) is 3.70. The molecule has 0 saturated heterocycles. The minimum Gasteiger partial charge on any atom is -0.382 e. The van der Waals surface area contributed by atoms with Crippen LogP contribution in [-0.4, -0.2) is 16.1 Å². The van der Waals surface area contributed by atoms with Crippen LogP contribution in [-0.2, 0) is 13.1 Å². The van der Waals surface area contributed by atoms with E-state index in [1.807, 2.05) is 29.0 Å². The topological polar surface area (TPSA) is 55.9 Å². The van der Waals surface area contributed by atoms with Crippen molar-refractivity contribution >= 4 is 5.82 Å². The van der Waals surface area contributed by atoms with Gasteiger partial charge in [-0.25, -0.2) is 4.98 Å². The van der Waals surface area contributed by atoms with Crippen molar-refractivity contribution in [3.05, 3.63) is 48.4 Å². The number of nitrogens with two attached hydrogens (primary N) is 1. The summed E-state index contributed by atoms with van der Waals surface area (Å²) >= 11 is 0. The van der Waals surface area contributed by atoms with Crippen molar-refractivity contribution in [1.82, 2.24) is 14.9 Å². The third kappa shape index (κ3) is 3.10. The van der Waals surface area contributed by atoms with Gasteiger partial charge in [-0.05, 0) is 5.56 Å². The highest BCUT2D eigenvalue weighted by molar-refractivity contribution is 5.22. The first-order valence-electron chi connectivity index (χ1n) is 5.36. The Morgan fingerprint density at radius 1 is 1.25 bits per heavy atom. The molecule has 0 atom stereocenters. The van der Waals surface area contributed by atoms with Crippen LogP contribution < -0.4 is 11.1 Å². The van der Waals surface area contributed by atoms with Gasteiger partial charge in [-0.15, -0.1) is 0 Å². The van der Waals surface area contributed by atoms with E-state index in [1.54, 1.807) is 6.33 Å². The van der Waals surface area contributed by atoms with Gasteiger partial charge in [0, 0.05) is 25.8 Å². The van der Waals surface area contributed by atoms with Gasteiger partial charge in [-0.2, -0.15) is 0 Å². The Bertz CT molecular complexity index is 422. The Morgan fingerprint density at radius 2 is 2.06 bits per heavy atom. The molecule has 3 N–H and O–H groups in total. The van der Waals surface area contributed by atoms with Gasteiger partial charge in [0.2, 0.25) is 0 Å². The summed E-state index contributed by atoms with van der Waals surface area (Å²) in [5.41, 5.74) is 6.82. The number of nitrogens with one attached hydrogen (secondary N) is 1. The first kappa shape index (κ1) is 10.7. The quantitative estimate of drug-likeness (QED) is 0.740. The number of anilines is 1.